The molecule has 2 amide bonds. The molecule has 19 heavy (non-hydrogen) atoms. The topological polar surface area (TPSA) is 26.8 Å². The van der Waals surface area contributed by atoms with Gasteiger partial charge in [0.25, 0.3) is 0 Å². The molecule has 2 rings (SSSR count). The number of halogens is 1. The van der Waals surface area contributed by atoms with Crippen LogP contribution in [0.3, 0.4) is 0 Å². The molecule has 0 aliphatic carbocycles. The van der Waals surface area contributed by atoms with Crippen LogP contribution in [0.4, 0.5) is 10.5 Å². The normalized spacial score (nSPS) is 15.5. The van der Waals surface area contributed by atoms with E-state index in [9.17, 15) is 4.79 Å². The number of carbonyl (C=O) groups is 1. The van der Waals surface area contributed by atoms with Crippen molar-refractivity contribution in [3.8, 4) is 0 Å². The van der Waals surface area contributed by atoms with Crippen LogP contribution in [0.1, 0.15) is 6.92 Å². The van der Waals surface area contributed by atoms with Crippen molar-refractivity contribution in [3.05, 3.63) is 29.3 Å². The van der Waals surface area contributed by atoms with Crippen molar-refractivity contribution in [1.82, 2.24) is 9.80 Å². The van der Waals surface area contributed by atoms with Crippen LogP contribution in [0.2, 0.25) is 5.02 Å². The molecular weight excluding hydrogens is 262 g/mol. The van der Waals surface area contributed by atoms with Crippen molar-refractivity contribution in [1.29, 1.82) is 0 Å². The van der Waals surface area contributed by atoms with E-state index in [1.807, 2.05) is 43.1 Å². The highest BCUT2D eigenvalue weighted by Crippen LogP contribution is 2.26. The molecule has 1 aliphatic rings. The van der Waals surface area contributed by atoms with Gasteiger partial charge in [-0.2, -0.15) is 0 Å². The molecule has 5 heteroatoms. The number of urea groups is 1. The zero-order valence-corrected chi connectivity index (χ0v) is 12.2. The molecule has 1 saturated heterocycles. The minimum Gasteiger partial charge on any atom is -0.367 e. The largest absolute Gasteiger partial charge is 0.367 e. The van der Waals surface area contributed by atoms with Crippen molar-refractivity contribution in [2.45, 2.75) is 6.92 Å². The Morgan fingerprint density at radius 2 is 1.89 bits per heavy atom. The van der Waals surface area contributed by atoms with Crippen molar-refractivity contribution in [3.63, 3.8) is 0 Å². The van der Waals surface area contributed by atoms with Gasteiger partial charge in [-0.3, -0.25) is 0 Å². The average Bonchev–Trinajstić information content (AvgIpc) is 2.46. The van der Waals surface area contributed by atoms with E-state index in [1.165, 1.54) is 0 Å². The smallest absolute Gasteiger partial charge is 0.319 e. The van der Waals surface area contributed by atoms with Crippen LogP contribution in [-0.4, -0.2) is 55.6 Å². The van der Waals surface area contributed by atoms with Gasteiger partial charge in [0.15, 0.2) is 0 Å². The third-order valence-electron chi connectivity index (χ3n) is 3.54. The van der Waals surface area contributed by atoms with Crippen LogP contribution in [0.5, 0.6) is 0 Å². The van der Waals surface area contributed by atoms with E-state index in [0.717, 1.165) is 43.4 Å². The molecule has 1 aromatic carbocycles. The third-order valence-corrected chi connectivity index (χ3v) is 3.86. The molecule has 0 unspecified atom stereocenters. The van der Waals surface area contributed by atoms with Gasteiger partial charge in [0, 0.05) is 39.8 Å². The number of rotatable bonds is 2. The fraction of sp³-hybridized carbons (Fsp3) is 0.500. The van der Waals surface area contributed by atoms with Crippen molar-refractivity contribution in [2.24, 2.45) is 0 Å². The van der Waals surface area contributed by atoms with Gasteiger partial charge >= 0.3 is 6.03 Å². The number of hydrogen-bond donors (Lipinski definition) is 0. The van der Waals surface area contributed by atoms with Crippen LogP contribution >= 0.6 is 11.6 Å². The summed E-state index contributed by atoms with van der Waals surface area (Å²) in [6.07, 6.45) is 0. The number of benzene rings is 1. The zero-order valence-electron chi connectivity index (χ0n) is 11.5. The lowest BCUT2D eigenvalue weighted by molar-refractivity contribution is 0.162. The summed E-state index contributed by atoms with van der Waals surface area (Å²) in [6, 6.07) is 7.96. The van der Waals surface area contributed by atoms with Crippen LogP contribution < -0.4 is 4.90 Å². The molecule has 1 fully saturated rings. The van der Waals surface area contributed by atoms with Crippen LogP contribution in [0, 0.1) is 0 Å². The average molecular weight is 282 g/mol. The summed E-state index contributed by atoms with van der Waals surface area (Å²) in [4.78, 5) is 17.9. The van der Waals surface area contributed by atoms with E-state index in [-0.39, 0.29) is 6.03 Å². The Morgan fingerprint density at radius 3 is 2.47 bits per heavy atom. The number of piperazine rings is 1. The van der Waals surface area contributed by atoms with Gasteiger partial charge in [-0.1, -0.05) is 23.7 Å². The van der Waals surface area contributed by atoms with Gasteiger partial charge in [0.1, 0.15) is 0 Å². The maximum absolute atomic E-state index is 12.0. The summed E-state index contributed by atoms with van der Waals surface area (Å²) < 4.78 is 0. The molecule has 104 valence electrons. The third kappa shape index (κ3) is 3.13. The maximum Gasteiger partial charge on any atom is 0.319 e. The maximum atomic E-state index is 12.0. The molecule has 1 heterocycles. The van der Waals surface area contributed by atoms with Crippen LogP contribution in [-0.2, 0) is 0 Å². The lowest BCUT2D eigenvalue weighted by Crippen LogP contribution is -2.52. The summed E-state index contributed by atoms with van der Waals surface area (Å²) >= 11 is 6.20. The zero-order chi connectivity index (χ0) is 13.8. The first-order valence-electron chi connectivity index (χ1n) is 6.63. The van der Waals surface area contributed by atoms with Crippen molar-refractivity contribution in [2.75, 3.05) is 44.7 Å². The minimum atomic E-state index is 0.112. The first kappa shape index (κ1) is 14.0. The fourth-order valence-electron chi connectivity index (χ4n) is 2.22. The van der Waals surface area contributed by atoms with Gasteiger partial charge in [0.05, 0.1) is 10.7 Å². The van der Waals surface area contributed by atoms with Gasteiger partial charge in [-0.05, 0) is 19.1 Å². The van der Waals surface area contributed by atoms with Crippen molar-refractivity contribution < 1.29 is 4.79 Å². The molecule has 0 atom stereocenters. The van der Waals surface area contributed by atoms with E-state index < -0.39 is 0 Å². The molecule has 0 aromatic heterocycles. The van der Waals surface area contributed by atoms with Gasteiger partial charge in [0.2, 0.25) is 0 Å². The lowest BCUT2D eigenvalue weighted by Gasteiger charge is -2.37. The molecular formula is C14H20ClN3O. The molecule has 0 saturated carbocycles. The number of hydrogen-bond acceptors (Lipinski definition) is 2. The van der Waals surface area contributed by atoms with E-state index in [1.54, 1.807) is 4.90 Å². The Kier molecular flexibility index (Phi) is 4.53. The van der Waals surface area contributed by atoms with E-state index in [2.05, 4.69) is 4.90 Å². The van der Waals surface area contributed by atoms with E-state index >= 15 is 0 Å². The van der Waals surface area contributed by atoms with Gasteiger partial charge < -0.3 is 14.7 Å². The van der Waals surface area contributed by atoms with Gasteiger partial charge in [-0.25, -0.2) is 4.79 Å². The SMILES string of the molecule is CCN(C)C(=O)N1CCN(c2ccccc2Cl)CC1. The summed E-state index contributed by atoms with van der Waals surface area (Å²) in [5, 5.41) is 0.771. The second kappa shape index (κ2) is 6.15. The number of carbonyl (C=O) groups excluding carboxylic acids is 1. The molecule has 0 radical (unpaired) electrons. The Hall–Kier alpha value is -1.42. The number of para-hydroxylation sites is 1. The van der Waals surface area contributed by atoms with Crippen LogP contribution in [0.15, 0.2) is 24.3 Å². The highest BCUT2D eigenvalue weighted by Gasteiger charge is 2.23. The Morgan fingerprint density at radius 1 is 1.26 bits per heavy atom. The summed E-state index contributed by atoms with van der Waals surface area (Å²) in [6.45, 7) is 5.87. The number of amides is 2. The fourth-order valence-corrected chi connectivity index (χ4v) is 2.48. The highest BCUT2D eigenvalue weighted by molar-refractivity contribution is 6.33. The Bertz CT molecular complexity index is 444. The first-order chi connectivity index (χ1) is 9.13. The van der Waals surface area contributed by atoms with Crippen molar-refractivity contribution >= 4 is 23.3 Å². The number of nitrogens with zero attached hydrogens (tertiary/aromatic N) is 3. The summed E-state index contributed by atoms with van der Waals surface area (Å²) in [5.74, 6) is 0. The monoisotopic (exact) mass is 281 g/mol. The number of anilines is 1. The van der Waals surface area contributed by atoms with E-state index in [4.69, 9.17) is 11.6 Å². The minimum absolute atomic E-state index is 0.112. The molecule has 4 nitrogen and oxygen atoms in total. The molecule has 0 N–H and O–H groups in total. The second-order valence-electron chi connectivity index (χ2n) is 4.72. The highest BCUT2D eigenvalue weighted by atomic mass is 35.5. The van der Waals surface area contributed by atoms with Crippen LogP contribution in [0.25, 0.3) is 0 Å². The standard InChI is InChI=1S/C14H20ClN3O/c1-3-16(2)14(19)18-10-8-17(9-11-18)13-7-5-4-6-12(13)15/h4-7H,3,8-11H2,1-2H3. The molecule has 1 aromatic rings. The lowest BCUT2D eigenvalue weighted by atomic mass is 10.2. The Labute approximate surface area is 119 Å². The molecule has 1 aliphatic heterocycles. The summed E-state index contributed by atoms with van der Waals surface area (Å²) in [5.41, 5.74) is 1.06. The molecule has 0 bridgehead atoms. The first-order valence-corrected chi connectivity index (χ1v) is 7.00. The Balaban J connectivity index is 1.96. The van der Waals surface area contributed by atoms with E-state index in [0.29, 0.717) is 0 Å². The summed E-state index contributed by atoms with van der Waals surface area (Å²) in [7, 11) is 1.84. The quantitative estimate of drug-likeness (QED) is 0.833. The predicted octanol–water partition coefficient (Wildman–Crippen LogP) is 2.53. The molecule has 0 spiro atoms. The second-order valence-corrected chi connectivity index (χ2v) is 5.13. The predicted molar refractivity (Wildman–Crippen MR) is 78.9 cm³/mol. The van der Waals surface area contributed by atoms with Gasteiger partial charge in [-0.15, -0.1) is 0 Å².